The average molecular weight is 360 g/mol. The van der Waals surface area contributed by atoms with Gasteiger partial charge in [0.25, 0.3) is 0 Å². The van der Waals surface area contributed by atoms with Gasteiger partial charge in [-0.2, -0.15) is 5.26 Å². The molecule has 1 spiro atoms. The van der Waals surface area contributed by atoms with E-state index in [0.29, 0.717) is 30.1 Å². The molecule has 0 aromatic heterocycles. The molecule has 0 bridgehead atoms. The lowest BCUT2D eigenvalue weighted by atomic mass is 9.44. The van der Waals surface area contributed by atoms with E-state index in [1.165, 1.54) is 32.1 Å². The molecule has 5 rings (SSSR count). The van der Waals surface area contributed by atoms with Crippen LogP contribution in [0.2, 0.25) is 0 Å². The first-order chi connectivity index (χ1) is 12.4. The van der Waals surface area contributed by atoms with Crippen LogP contribution >= 0.6 is 0 Å². The van der Waals surface area contributed by atoms with E-state index in [1.54, 1.807) is 0 Å². The topological polar surface area (TPSA) is 62.5 Å². The summed E-state index contributed by atoms with van der Waals surface area (Å²) in [5, 5.41) is 20.0. The minimum Gasteiger partial charge on any atom is -0.375 e. The first kappa shape index (κ1) is 17.5. The Balaban J connectivity index is 1.43. The fraction of sp³-hybridized carbons (Fsp3) is 0.955. The predicted octanol–water partition coefficient (Wildman–Crippen LogP) is 4.03. The van der Waals surface area contributed by atoms with Crippen LogP contribution in [0.25, 0.3) is 0 Å². The Kier molecular flexibility index (Phi) is 3.67. The normalized spacial score (nSPS) is 55.0. The zero-order chi connectivity index (χ0) is 18.2. The second-order valence-corrected chi connectivity index (χ2v) is 10.4. The maximum atomic E-state index is 10.6. The minimum atomic E-state index is -1.08. The third kappa shape index (κ3) is 2.06. The van der Waals surface area contributed by atoms with Crippen LogP contribution in [0.4, 0.5) is 0 Å². The quantitative estimate of drug-likeness (QED) is 0.663. The summed E-state index contributed by atoms with van der Waals surface area (Å²) in [7, 11) is 0. The number of ether oxygens (including phenoxy) is 2. The van der Waals surface area contributed by atoms with Crippen molar-refractivity contribution < 1.29 is 14.6 Å². The van der Waals surface area contributed by atoms with Gasteiger partial charge in [-0.05, 0) is 80.5 Å². The third-order valence-corrected chi connectivity index (χ3v) is 9.73. The van der Waals surface area contributed by atoms with Crippen molar-refractivity contribution >= 4 is 0 Å². The number of aliphatic hydroxyl groups is 1. The summed E-state index contributed by atoms with van der Waals surface area (Å²) >= 11 is 0. The van der Waals surface area contributed by atoms with Gasteiger partial charge in [0.1, 0.15) is 0 Å². The van der Waals surface area contributed by atoms with Gasteiger partial charge in [0.15, 0.2) is 11.4 Å². The molecule has 4 heteroatoms. The lowest BCUT2D eigenvalue weighted by Gasteiger charge is -2.61. The van der Waals surface area contributed by atoms with Crippen LogP contribution in [-0.4, -0.2) is 29.7 Å². The Labute approximate surface area is 157 Å². The molecule has 1 saturated heterocycles. The molecule has 144 valence electrons. The summed E-state index contributed by atoms with van der Waals surface area (Å²) in [6.07, 6.45) is 9.51. The van der Waals surface area contributed by atoms with E-state index in [9.17, 15) is 10.4 Å². The van der Waals surface area contributed by atoms with E-state index < -0.39 is 5.60 Å². The van der Waals surface area contributed by atoms with Crippen molar-refractivity contribution in [1.82, 2.24) is 0 Å². The number of hydrogen-bond donors (Lipinski definition) is 1. The monoisotopic (exact) mass is 359 g/mol. The highest BCUT2D eigenvalue weighted by atomic mass is 16.7. The summed E-state index contributed by atoms with van der Waals surface area (Å²) in [6, 6.07) is 2.20. The second-order valence-electron chi connectivity index (χ2n) is 10.4. The molecular formula is C22H33NO3. The van der Waals surface area contributed by atoms with Crippen molar-refractivity contribution in [2.75, 3.05) is 13.2 Å². The van der Waals surface area contributed by atoms with Crippen molar-refractivity contribution in [2.45, 2.75) is 83.0 Å². The van der Waals surface area contributed by atoms with Crippen molar-refractivity contribution in [2.24, 2.45) is 34.5 Å². The maximum absolute atomic E-state index is 10.6. The van der Waals surface area contributed by atoms with Gasteiger partial charge in [0.05, 0.1) is 19.3 Å². The Morgan fingerprint density at radius 1 is 0.923 bits per heavy atom. The molecule has 7 atom stereocenters. The predicted molar refractivity (Wildman–Crippen MR) is 96.9 cm³/mol. The molecule has 1 heterocycles. The third-order valence-electron chi connectivity index (χ3n) is 9.73. The molecule has 0 aromatic rings. The number of fused-ring (bicyclic) bond motifs is 6. The van der Waals surface area contributed by atoms with Crippen molar-refractivity contribution in [3.63, 3.8) is 0 Å². The van der Waals surface area contributed by atoms with Crippen LogP contribution in [0.3, 0.4) is 0 Å². The van der Waals surface area contributed by atoms with E-state index in [4.69, 9.17) is 9.47 Å². The van der Waals surface area contributed by atoms with Crippen LogP contribution in [0, 0.1) is 45.8 Å². The van der Waals surface area contributed by atoms with Crippen molar-refractivity contribution in [1.29, 1.82) is 5.26 Å². The second kappa shape index (κ2) is 5.46. The fourth-order valence-corrected chi connectivity index (χ4v) is 8.23. The highest BCUT2D eigenvalue weighted by molar-refractivity contribution is 5.15. The summed E-state index contributed by atoms with van der Waals surface area (Å²) in [4.78, 5) is 0. The fourth-order valence-electron chi connectivity index (χ4n) is 8.23. The standard InChI is InChI=1S/C22H33NO3/c1-19-9-10-21(24,14-23)13-15(19)3-4-16-17(19)5-7-20(2)18(16)6-8-22(20)25-11-12-26-22/h15-18,24H,3-13H2,1-2H3/t15-,16-,17+,18+,19+,20+,21-/m1/s1. The van der Waals surface area contributed by atoms with Gasteiger partial charge in [-0.1, -0.05) is 13.8 Å². The average Bonchev–Trinajstić information content (AvgIpc) is 3.22. The Bertz CT molecular complexity index is 638. The highest BCUT2D eigenvalue weighted by Gasteiger charge is 2.67. The summed E-state index contributed by atoms with van der Waals surface area (Å²) in [5.74, 6) is 2.39. The van der Waals surface area contributed by atoms with E-state index in [1.807, 2.05) is 0 Å². The molecule has 0 unspecified atom stereocenters. The molecule has 26 heavy (non-hydrogen) atoms. The number of hydrogen-bond acceptors (Lipinski definition) is 4. The van der Waals surface area contributed by atoms with Gasteiger partial charge in [0, 0.05) is 11.8 Å². The summed E-state index contributed by atoms with van der Waals surface area (Å²) < 4.78 is 12.5. The van der Waals surface area contributed by atoms with Gasteiger partial charge in [-0.15, -0.1) is 0 Å². The zero-order valence-electron chi connectivity index (χ0n) is 16.3. The molecule has 1 aliphatic heterocycles. The van der Waals surface area contributed by atoms with Crippen LogP contribution in [-0.2, 0) is 9.47 Å². The lowest BCUT2D eigenvalue weighted by Crippen LogP contribution is -2.58. The minimum absolute atomic E-state index is 0.163. The molecule has 4 nitrogen and oxygen atoms in total. The van der Waals surface area contributed by atoms with Gasteiger partial charge >= 0.3 is 0 Å². The van der Waals surface area contributed by atoms with Crippen LogP contribution < -0.4 is 0 Å². The zero-order valence-corrected chi connectivity index (χ0v) is 16.3. The molecule has 0 amide bonds. The van der Waals surface area contributed by atoms with Crippen LogP contribution in [0.1, 0.15) is 71.6 Å². The lowest BCUT2D eigenvalue weighted by molar-refractivity contribution is -0.248. The van der Waals surface area contributed by atoms with Gasteiger partial charge in [0.2, 0.25) is 0 Å². The van der Waals surface area contributed by atoms with E-state index in [-0.39, 0.29) is 11.2 Å². The molecular weight excluding hydrogens is 326 g/mol. The van der Waals surface area contributed by atoms with Crippen LogP contribution in [0.15, 0.2) is 0 Å². The largest absolute Gasteiger partial charge is 0.375 e. The van der Waals surface area contributed by atoms with E-state index in [0.717, 1.165) is 37.9 Å². The molecule has 5 fully saturated rings. The first-order valence-corrected chi connectivity index (χ1v) is 10.8. The van der Waals surface area contributed by atoms with Crippen molar-refractivity contribution in [3.05, 3.63) is 0 Å². The molecule has 4 saturated carbocycles. The Hall–Kier alpha value is -0.630. The van der Waals surface area contributed by atoms with E-state index >= 15 is 0 Å². The Morgan fingerprint density at radius 2 is 1.65 bits per heavy atom. The SMILES string of the molecule is C[C@]12CC[C@](O)(C#N)C[C@H]1CC[C@@H]1[C@@H]2CC[C@@]2(C)[C@H]1CCC21OCCO1. The Morgan fingerprint density at radius 3 is 2.38 bits per heavy atom. The van der Waals surface area contributed by atoms with Crippen LogP contribution in [0.5, 0.6) is 0 Å². The number of nitrogens with zero attached hydrogens (tertiary/aromatic N) is 1. The molecule has 4 aliphatic carbocycles. The molecule has 0 aromatic carbocycles. The smallest absolute Gasteiger partial charge is 0.174 e. The number of rotatable bonds is 0. The highest BCUT2D eigenvalue weighted by Crippen LogP contribution is 2.69. The maximum Gasteiger partial charge on any atom is 0.174 e. The number of nitriles is 1. The molecule has 1 N–H and O–H groups in total. The first-order valence-electron chi connectivity index (χ1n) is 10.8. The molecule has 5 aliphatic rings. The van der Waals surface area contributed by atoms with Gasteiger partial charge < -0.3 is 14.6 Å². The van der Waals surface area contributed by atoms with E-state index in [2.05, 4.69) is 19.9 Å². The van der Waals surface area contributed by atoms with Gasteiger partial charge in [-0.3, -0.25) is 0 Å². The summed E-state index contributed by atoms with van der Waals surface area (Å²) in [6.45, 7) is 6.42. The summed E-state index contributed by atoms with van der Waals surface area (Å²) in [5.41, 5.74) is -0.625. The van der Waals surface area contributed by atoms with Gasteiger partial charge in [-0.25, -0.2) is 0 Å². The molecule has 0 radical (unpaired) electrons. The van der Waals surface area contributed by atoms with Crippen molar-refractivity contribution in [3.8, 4) is 6.07 Å².